The molecule has 110 valence electrons. The molecular weight excluding hydrogens is 260 g/mol. The van der Waals surface area contributed by atoms with E-state index in [-0.39, 0.29) is 23.7 Å². The van der Waals surface area contributed by atoms with Crippen molar-refractivity contribution in [3.8, 4) is 0 Å². The molecule has 20 heavy (non-hydrogen) atoms. The standard InChI is InChI=1S/C14H20N2O4/c1-3-15-12(17)7(2)16-13(18)10-8-4-5-9(6-8)11(10)14(19)20/h4-5,7-11H,3,6H2,1-2H3,(H,15,17)(H,16,18)(H,19,20)/t7?,8?,9?,10-,11+/m0/s1. The third kappa shape index (κ3) is 2.55. The fourth-order valence-corrected chi connectivity index (χ4v) is 3.22. The van der Waals surface area contributed by atoms with Crippen LogP contribution in [0.3, 0.4) is 0 Å². The first kappa shape index (κ1) is 14.6. The maximum atomic E-state index is 12.3. The number of amides is 2. The summed E-state index contributed by atoms with van der Waals surface area (Å²) in [4.78, 5) is 35.2. The highest BCUT2D eigenvalue weighted by atomic mass is 16.4. The average Bonchev–Trinajstić information content (AvgIpc) is 2.98. The van der Waals surface area contributed by atoms with E-state index in [4.69, 9.17) is 0 Å². The molecule has 3 unspecified atom stereocenters. The molecular formula is C14H20N2O4. The van der Waals surface area contributed by atoms with Crippen molar-refractivity contribution in [1.29, 1.82) is 0 Å². The van der Waals surface area contributed by atoms with Crippen LogP contribution < -0.4 is 10.6 Å². The molecule has 2 bridgehead atoms. The number of rotatable bonds is 5. The third-order valence-electron chi connectivity index (χ3n) is 4.15. The molecule has 0 aromatic carbocycles. The summed E-state index contributed by atoms with van der Waals surface area (Å²) >= 11 is 0. The summed E-state index contributed by atoms with van der Waals surface area (Å²) < 4.78 is 0. The molecule has 6 heteroatoms. The zero-order chi connectivity index (χ0) is 14.9. The van der Waals surface area contributed by atoms with E-state index in [0.29, 0.717) is 13.0 Å². The number of fused-ring (bicyclic) bond motifs is 2. The van der Waals surface area contributed by atoms with Crippen LogP contribution in [0.1, 0.15) is 20.3 Å². The number of nitrogens with one attached hydrogen (secondary N) is 2. The van der Waals surface area contributed by atoms with Crippen LogP contribution >= 0.6 is 0 Å². The van der Waals surface area contributed by atoms with Gasteiger partial charge in [-0.25, -0.2) is 0 Å². The maximum absolute atomic E-state index is 12.3. The second-order valence-electron chi connectivity index (χ2n) is 5.46. The van der Waals surface area contributed by atoms with E-state index in [0.717, 1.165) is 0 Å². The Kier molecular flexibility index (Phi) is 4.11. The van der Waals surface area contributed by atoms with Gasteiger partial charge in [0, 0.05) is 6.54 Å². The predicted molar refractivity (Wildman–Crippen MR) is 71.6 cm³/mol. The number of carboxylic acid groups (broad SMARTS) is 1. The average molecular weight is 280 g/mol. The normalized spacial score (nSPS) is 31.9. The molecule has 0 saturated heterocycles. The molecule has 2 aliphatic carbocycles. The monoisotopic (exact) mass is 280 g/mol. The molecule has 0 aromatic rings. The SMILES string of the molecule is CCNC(=O)C(C)NC(=O)[C@H]1C2C=CC(C2)[C@H]1C(=O)O. The molecule has 2 amide bonds. The van der Waals surface area contributed by atoms with E-state index in [1.807, 2.05) is 12.2 Å². The van der Waals surface area contributed by atoms with E-state index in [9.17, 15) is 19.5 Å². The van der Waals surface area contributed by atoms with Crippen molar-refractivity contribution in [2.45, 2.75) is 26.3 Å². The summed E-state index contributed by atoms with van der Waals surface area (Å²) in [5.41, 5.74) is 0. The van der Waals surface area contributed by atoms with Gasteiger partial charge in [0.05, 0.1) is 11.8 Å². The van der Waals surface area contributed by atoms with E-state index >= 15 is 0 Å². The number of carbonyl (C=O) groups excluding carboxylic acids is 2. The van der Waals surface area contributed by atoms with Crippen molar-refractivity contribution < 1.29 is 19.5 Å². The van der Waals surface area contributed by atoms with Crippen molar-refractivity contribution >= 4 is 17.8 Å². The van der Waals surface area contributed by atoms with E-state index in [2.05, 4.69) is 10.6 Å². The van der Waals surface area contributed by atoms with Crippen LogP contribution in [0, 0.1) is 23.7 Å². The van der Waals surface area contributed by atoms with Crippen LogP contribution in [0.2, 0.25) is 0 Å². The molecule has 2 aliphatic rings. The summed E-state index contributed by atoms with van der Waals surface area (Å²) in [7, 11) is 0. The Morgan fingerprint density at radius 3 is 2.40 bits per heavy atom. The highest BCUT2D eigenvalue weighted by molar-refractivity contribution is 5.91. The van der Waals surface area contributed by atoms with E-state index < -0.39 is 23.8 Å². The highest BCUT2D eigenvalue weighted by Gasteiger charge is 2.51. The Labute approximate surface area is 117 Å². The van der Waals surface area contributed by atoms with Crippen LogP contribution in [0.15, 0.2) is 12.2 Å². The number of allylic oxidation sites excluding steroid dienone is 2. The van der Waals surface area contributed by atoms with E-state index in [1.54, 1.807) is 13.8 Å². The van der Waals surface area contributed by atoms with E-state index in [1.165, 1.54) is 0 Å². The molecule has 0 radical (unpaired) electrons. The highest BCUT2D eigenvalue weighted by Crippen LogP contribution is 2.48. The Bertz CT molecular complexity index is 460. The summed E-state index contributed by atoms with van der Waals surface area (Å²) in [6.45, 7) is 3.89. The summed E-state index contributed by atoms with van der Waals surface area (Å²) in [6.07, 6.45) is 4.52. The Morgan fingerprint density at radius 2 is 1.85 bits per heavy atom. The van der Waals surface area contributed by atoms with Gasteiger partial charge in [0.25, 0.3) is 0 Å². The molecule has 5 atom stereocenters. The number of carboxylic acids is 1. The van der Waals surface area contributed by atoms with Gasteiger partial charge in [-0.1, -0.05) is 12.2 Å². The van der Waals surface area contributed by atoms with Gasteiger partial charge in [-0.05, 0) is 32.1 Å². The minimum absolute atomic E-state index is 0.0254. The van der Waals surface area contributed by atoms with Gasteiger partial charge < -0.3 is 15.7 Å². The molecule has 0 heterocycles. The minimum atomic E-state index is -0.937. The van der Waals surface area contributed by atoms with Gasteiger partial charge in [-0.2, -0.15) is 0 Å². The molecule has 6 nitrogen and oxygen atoms in total. The quantitative estimate of drug-likeness (QED) is 0.625. The van der Waals surface area contributed by atoms with Gasteiger partial charge in [0.1, 0.15) is 6.04 Å². The van der Waals surface area contributed by atoms with Crippen LogP contribution in [0.25, 0.3) is 0 Å². The zero-order valence-corrected chi connectivity index (χ0v) is 11.6. The Hall–Kier alpha value is -1.85. The van der Waals surface area contributed by atoms with Gasteiger partial charge in [0.2, 0.25) is 11.8 Å². The van der Waals surface area contributed by atoms with Crippen LogP contribution in [0.5, 0.6) is 0 Å². The molecule has 2 rings (SSSR count). The van der Waals surface area contributed by atoms with Gasteiger partial charge in [-0.3, -0.25) is 14.4 Å². The maximum Gasteiger partial charge on any atom is 0.307 e. The lowest BCUT2D eigenvalue weighted by molar-refractivity contribution is -0.148. The van der Waals surface area contributed by atoms with Gasteiger partial charge in [0.15, 0.2) is 0 Å². The molecule has 0 spiro atoms. The van der Waals surface area contributed by atoms with Gasteiger partial charge in [-0.15, -0.1) is 0 Å². The van der Waals surface area contributed by atoms with Crippen LogP contribution in [0.4, 0.5) is 0 Å². The fraction of sp³-hybridized carbons (Fsp3) is 0.643. The van der Waals surface area contributed by atoms with Crippen molar-refractivity contribution in [2.75, 3.05) is 6.54 Å². The third-order valence-corrected chi connectivity index (χ3v) is 4.15. The molecule has 1 fully saturated rings. The molecule has 0 aromatic heterocycles. The lowest BCUT2D eigenvalue weighted by atomic mass is 9.82. The smallest absolute Gasteiger partial charge is 0.307 e. The number of likely N-dealkylation sites (N-methyl/N-ethyl adjacent to an activating group) is 1. The Morgan fingerprint density at radius 1 is 1.25 bits per heavy atom. The van der Waals surface area contributed by atoms with Crippen LogP contribution in [-0.4, -0.2) is 35.5 Å². The molecule has 0 aliphatic heterocycles. The largest absolute Gasteiger partial charge is 0.481 e. The van der Waals surface area contributed by atoms with Gasteiger partial charge >= 0.3 is 5.97 Å². The molecule has 3 N–H and O–H groups in total. The second-order valence-corrected chi connectivity index (χ2v) is 5.46. The first-order valence-corrected chi connectivity index (χ1v) is 6.95. The summed E-state index contributed by atoms with van der Waals surface area (Å²) in [5, 5.41) is 14.5. The second kappa shape index (κ2) is 5.64. The van der Waals surface area contributed by atoms with Crippen LogP contribution in [-0.2, 0) is 14.4 Å². The van der Waals surface area contributed by atoms with Crippen molar-refractivity contribution in [2.24, 2.45) is 23.7 Å². The first-order chi connectivity index (χ1) is 9.45. The minimum Gasteiger partial charge on any atom is -0.481 e. The Balaban J connectivity index is 2.03. The summed E-state index contributed by atoms with van der Waals surface area (Å²) in [6, 6.07) is -0.653. The molecule has 1 saturated carbocycles. The van der Waals surface area contributed by atoms with Crippen molar-refractivity contribution in [3.63, 3.8) is 0 Å². The zero-order valence-electron chi connectivity index (χ0n) is 11.6. The number of carbonyl (C=O) groups is 3. The number of hydrogen-bond acceptors (Lipinski definition) is 3. The topological polar surface area (TPSA) is 95.5 Å². The first-order valence-electron chi connectivity index (χ1n) is 6.95. The lowest BCUT2D eigenvalue weighted by Crippen LogP contribution is -2.49. The summed E-state index contributed by atoms with van der Waals surface area (Å²) in [5.74, 6) is -2.87. The van der Waals surface area contributed by atoms with Crippen molar-refractivity contribution in [1.82, 2.24) is 10.6 Å². The fourth-order valence-electron chi connectivity index (χ4n) is 3.22. The van der Waals surface area contributed by atoms with Crippen molar-refractivity contribution in [3.05, 3.63) is 12.2 Å². The number of hydrogen-bond donors (Lipinski definition) is 3. The lowest BCUT2D eigenvalue weighted by Gasteiger charge is -2.25. The number of aliphatic carboxylic acids is 1. The predicted octanol–water partition coefficient (Wildman–Crippen LogP) is 0.150.